The van der Waals surface area contributed by atoms with Crippen LogP contribution in [0.3, 0.4) is 0 Å². The van der Waals surface area contributed by atoms with Gasteiger partial charge in [0.05, 0.1) is 11.4 Å². The molecule has 0 aliphatic heterocycles. The molecule has 0 amide bonds. The summed E-state index contributed by atoms with van der Waals surface area (Å²) >= 11 is 0. The minimum Gasteiger partial charge on any atom is -0.383 e. The van der Waals surface area contributed by atoms with Crippen LogP contribution in [0.5, 0.6) is 0 Å². The number of aliphatic hydroxyl groups is 1. The summed E-state index contributed by atoms with van der Waals surface area (Å²) in [5, 5.41) is 12.8. The second kappa shape index (κ2) is 10.7. The number of benzene rings is 1. The van der Waals surface area contributed by atoms with Crippen molar-refractivity contribution in [3.8, 4) is 0 Å². The lowest BCUT2D eigenvalue weighted by Gasteiger charge is -2.20. The predicted octanol–water partition coefficient (Wildman–Crippen LogP) is 4.09. The summed E-state index contributed by atoms with van der Waals surface area (Å²) in [6.07, 6.45) is 0.775. The van der Waals surface area contributed by atoms with Crippen LogP contribution in [0.1, 0.15) is 56.8 Å². The number of aromatic amines is 1. The van der Waals surface area contributed by atoms with Gasteiger partial charge in [-0.3, -0.25) is 4.79 Å². The Morgan fingerprint density at radius 3 is 2.34 bits per heavy atom. The van der Waals surface area contributed by atoms with Gasteiger partial charge in [0.1, 0.15) is 17.5 Å². The molecule has 0 radical (unpaired) electrons. The molecular weight excluding hydrogens is 378 g/mol. The Morgan fingerprint density at radius 1 is 1.17 bits per heavy atom. The van der Waals surface area contributed by atoms with E-state index < -0.39 is 12.5 Å². The van der Waals surface area contributed by atoms with Crippen molar-refractivity contribution in [1.82, 2.24) is 4.98 Å². The van der Waals surface area contributed by atoms with Gasteiger partial charge in [-0.15, -0.1) is 0 Å². The first-order valence-corrected chi connectivity index (χ1v) is 9.76. The lowest BCUT2D eigenvalue weighted by Crippen LogP contribution is -2.29. The summed E-state index contributed by atoms with van der Waals surface area (Å²) in [7, 11) is 0. The Labute approximate surface area is 168 Å². The Hall–Kier alpha value is -2.74. The molecule has 0 saturated carbocycles. The quantitative estimate of drug-likeness (QED) is 0.352. The molecule has 29 heavy (non-hydrogen) atoms. The Balaban J connectivity index is 2.32. The van der Waals surface area contributed by atoms with E-state index in [2.05, 4.69) is 29.1 Å². The van der Waals surface area contributed by atoms with E-state index in [9.17, 15) is 18.7 Å². The molecule has 1 aromatic carbocycles. The van der Waals surface area contributed by atoms with Crippen LogP contribution in [-0.2, 0) is 0 Å². The number of hydrogen-bond acceptors (Lipinski definition) is 4. The zero-order chi connectivity index (χ0) is 21.4. The maximum atomic E-state index is 12.6. The number of aromatic nitrogens is 1. The largest absolute Gasteiger partial charge is 0.383 e. The van der Waals surface area contributed by atoms with E-state index >= 15 is 0 Å². The fourth-order valence-electron chi connectivity index (χ4n) is 3.15. The average Bonchev–Trinajstić information content (AvgIpc) is 2.68. The standard InChI is InChI=1S/C21H28F2N4O2/c1-3-5-14(6-4-2)26-16-11-12-25-21(29)17(16)20(24)27-15-9-7-13(8-10-15)18(28)19(22)23/h7-12,14,18-19,28H,3-6H2,1-2H3,(H2,24,27)(H2,25,26,29). The molecule has 0 aliphatic carbocycles. The molecular formula is C21H28F2N4O2. The lowest BCUT2D eigenvalue weighted by molar-refractivity contribution is -0.00577. The zero-order valence-electron chi connectivity index (χ0n) is 16.7. The first-order valence-electron chi connectivity index (χ1n) is 9.76. The first kappa shape index (κ1) is 22.5. The second-order valence-electron chi connectivity index (χ2n) is 6.88. The van der Waals surface area contributed by atoms with Crippen LogP contribution in [0.2, 0.25) is 0 Å². The molecule has 2 aromatic rings. The molecule has 0 spiro atoms. The van der Waals surface area contributed by atoms with Crippen molar-refractivity contribution >= 4 is 17.2 Å². The molecule has 1 heterocycles. The van der Waals surface area contributed by atoms with Crippen molar-refractivity contribution in [3.63, 3.8) is 0 Å². The van der Waals surface area contributed by atoms with Gasteiger partial charge in [-0.25, -0.2) is 13.8 Å². The van der Waals surface area contributed by atoms with Gasteiger partial charge in [0.15, 0.2) is 0 Å². The fraction of sp³-hybridized carbons (Fsp3) is 0.429. The highest BCUT2D eigenvalue weighted by molar-refractivity contribution is 6.03. The van der Waals surface area contributed by atoms with Crippen LogP contribution >= 0.6 is 0 Å². The normalized spacial score (nSPS) is 13.1. The number of hydrogen-bond donors (Lipinski definition) is 4. The Bertz CT molecular complexity index is 860. The molecule has 1 atom stereocenters. The third-order valence-corrected chi connectivity index (χ3v) is 4.57. The number of halogens is 2. The van der Waals surface area contributed by atoms with E-state index in [0.717, 1.165) is 25.7 Å². The van der Waals surface area contributed by atoms with Crippen molar-refractivity contribution < 1.29 is 13.9 Å². The summed E-state index contributed by atoms with van der Waals surface area (Å²) in [4.78, 5) is 19.3. The van der Waals surface area contributed by atoms with E-state index in [4.69, 9.17) is 5.73 Å². The Morgan fingerprint density at radius 2 is 1.79 bits per heavy atom. The van der Waals surface area contributed by atoms with Crippen LogP contribution < -0.4 is 16.6 Å². The monoisotopic (exact) mass is 406 g/mol. The summed E-state index contributed by atoms with van der Waals surface area (Å²) in [6.45, 7) is 4.21. The van der Waals surface area contributed by atoms with E-state index in [1.807, 2.05) is 0 Å². The number of amidine groups is 1. The summed E-state index contributed by atoms with van der Waals surface area (Å²) in [5.74, 6) is 0.0169. The molecule has 6 nitrogen and oxygen atoms in total. The van der Waals surface area contributed by atoms with E-state index in [1.54, 1.807) is 12.3 Å². The number of aliphatic imine (C=N–C) groups is 1. The summed E-state index contributed by atoms with van der Waals surface area (Å²) < 4.78 is 25.2. The van der Waals surface area contributed by atoms with Gasteiger partial charge in [0.25, 0.3) is 12.0 Å². The molecule has 1 unspecified atom stereocenters. The second-order valence-corrected chi connectivity index (χ2v) is 6.88. The van der Waals surface area contributed by atoms with E-state index in [0.29, 0.717) is 11.4 Å². The number of nitrogens with one attached hydrogen (secondary N) is 2. The molecule has 1 aromatic heterocycles. The number of pyridine rings is 1. The maximum Gasteiger partial charge on any atom is 0.268 e. The molecule has 158 valence electrons. The van der Waals surface area contributed by atoms with Crippen LogP contribution in [0.25, 0.3) is 0 Å². The summed E-state index contributed by atoms with van der Waals surface area (Å²) in [5.41, 5.74) is 7.06. The van der Waals surface area contributed by atoms with Crippen LogP contribution in [0, 0.1) is 0 Å². The van der Waals surface area contributed by atoms with Crippen molar-refractivity contribution in [1.29, 1.82) is 0 Å². The highest BCUT2D eigenvalue weighted by Crippen LogP contribution is 2.24. The average molecular weight is 406 g/mol. The van der Waals surface area contributed by atoms with Gasteiger partial charge in [-0.2, -0.15) is 0 Å². The number of alkyl halides is 2. The van der Waals surface area contributed by atoms with Gasteiger partial charge >= 0.3 is 0 Å². The Kier molecular flexibility index (Phi) is 8.33. The van der Waals surface area contributed by atoms with Crippen LogP contribution in [0.4, 0.5) is 20.2 Å². The smallest absolute Gasteiger partial charge is 0.268 e. The van der Waals surface area contributed by atoms with Crippen molar-refractivity contribution in [3.05, 3.63) is 58.0 Å². The minimum atomic E-state index is -2.87. The third kappa shape index (κ3) is 6.12. The highest BCUT2D eigenvalue weighted by Gasteiger charge is 2.19. The predicted molar refractivity (Wildman–Crippen MR) is 112 cm³/mol. The number of rotatable bonds is 10. The number of nitrogens with two attached hydrogens (primary N) is 1. The van der Waals surface area contributed by atoms with Gasteiger partial charge in [-0.05, 0) is 36.6 Å². The lowest BCUT2D eigenvalue weighted by atomic mass is 10.1. The number of anilines is 1. The molecule has 8 heteroatoms. The van der Waals surface area contributed by atoms with Gasteiger partial charge in [-0.1, -0.05) is 38.8 Å². The third-order valence-electron chi connectivity index (χ3n) is 4.57. The summed E-state index contributed by atoms with van der Waals surface area (Å²) in [6, 6.07) is 7.61. The molecule has 0 bridgehead atoms. The highest BCUT2D eigenvalue weighted by atomic mass is 19.3. The number of nitrogens with zero attached hydrogens (tertiary/aromatic N) is 1. The minimum absolute atomic E-state index is 0.0169. The van der Waals surface area contributed by atoms with Crippen molar-refractivity contribution in [2.24, 2.45) is 10.7 Å². The molecule has 5 N–H and O–H groups in total. The number of H-pyrrole nitrogens is 1. The van der Waals surface area contributed by atoms with Crippen molar-refractivity contribution in [2.45, 2.75) is 58.1 Å². The van der Waals surface area contributed by atoms with E-state index in [1.165, 1.54) is 24.3 Å². The molecule has 2 rings (SSSR count). The van der Waals surface area contributed by atoms with Crippen LogP contribution in [-0.4, -0.2) is 28.4 Å². The van der Waals surface area contributed by atoms with Gasteiger partial charge in [0, 0.05) is 12.2 Å². The maximum absolute atomic E-state index is 12.6. The van der Waals surface area contributed by atoms with Gasteiger partial charge in [0.2, 0.25) is 0 Å². The zero-order valence-corrected chi connectivity index (χ0v) is 16.7. The first-order chi connectivity index (χ1) is 13.9. The van der Waals surface area contributed by atoms with Crippen LogP contribution in [0.15, 0.2) is 46.3 Å². The topological polar surface area (TPSA) is 104 Å². The number of aliphatic hydroxyl groups excluding tert-OH is 1. The van der Waals surface area contributed by atoms with Gasteiger partial charge < -0.3 is 21.1 Å². The fourth-order valence-corrected chi connectivity index (χ4v) is 3.15. The molecule has 0 aliphatic rings. The van der Waals surface area contributed by atoms with E-state index in [-0.39, 0.29) is 28.6 Å². The van der Waals surface area contributed by atoms with Crippen molar-refractivity contribution in [2.75, 3.05) is 5.32 Å². The molecule has 0 saturated heterocycles. The SMILES string of the molecule is CCCC(CCC)Nc1cc[nH]c(=O)c1C(N)=Nc1ccc(C(O)C(F)F)cc1. The molecule has 0 fully saturated rings.